The van der Waals surface area contributed by atoms with Crippen LogP contribution in [0.25, 0.3) is 33.1 Å². The first-order valence-corrected chi connectivity index (χ1v) is 7.16. The fourth-order valence-electron chi connectivity index (χ4n) is 2.66. The maximum Gasteiger partial charge on any atom is 0.180 e. The molecule has 7 heteroatoms. The summed E-state index contributed by atoms with van der Waals surface area (Å²) in [6.07, 6.45) is 1.51. The molecule has 0 fully saturated rings. The van der Waals surface area contributed by atoms with Crippen LogP contribution in [0.15, 0.2) is 36.5 Å². The van der Waals surface area contributed by atoms with Crippen LogP contribution in [0, 0.1) is 11.6 Å². The minimum absolute atomic E-state index is 0.0122. The van der Waals surface area contributed by atoms with E-state index in [9.17, 15) is 8.78 Å². The first kappa shape index (κ1) is 14.0. The van der Waals surface area contributed by atoms with Gasteiger partial charge in [-0.25, -0.2) is 13.5 Å². The van der Waals surface area contributed by atoms with Gasteiger partial charge in [0.1, 0.15) is 11.3 Å². The molecule has 0 bridgehead atoms. The molecule has 4 rings (SSSR count). The number of hydrogen-bond donors (Lipinski definition) is 0. The van der Waals surface area contributed by atoms with Crippen molar-refractivity contribution in [2.75, 3.05) is 0 Å². The molecule has 23 heavy (non-hydrogen) atoms. The third-order valence-corrected chi connectivity index (χ3v) is 4.11. The lowest BCUT2D eigenvalue weighted by atomic mass is 10.0. The number of nitrogens with zero attached hydrogens (tertiary/aromatic N) is 4. The van der Waals surface area contributed by atoms with E-state index in [1.54, 1.807) is 31.3 Å². The Morgan fingerprint density at radius 3 is 2.65 bits per heavy atom. The second-order valence-corrected chi connectivity index (χ2v) is 5.54. The molecule has 0 saturated carbocycles. The van der Waals surface area contributed by atoms with Crippen molar-refractivity contribution in [2.24, 2.45) is 7.05 Å². The average Bonchev–Trinajstić information content (AvgIpc) is 2.91. The van der Waals surface area contributed by atoms with E-state index in [0.717, 1.165) is 0 Å². The molecule has 0 N–H and O–H groups in total. The van der Waals surface area contributed by atoms with Crippen molar-refractivity contribution in [1.82, 2.24) is 20.0 Å². The highest BCUT2D eigenvalue weighted by Crippen LogP contribution is 2.36. The zero-order valence-corrected chi connectivity index (χ0v) is 12.6. The van der Waals surface area contributed by atoms with E-state index in [0.29, 0.717) is 16.4 Å². The smallest absolute Gasteiger partial charge is 0.180 e. The van der Waals surface area contributed by atoms with Gasteiger partial charge >= 0.3 is 0 Å². The van der Waals surface area contributed by atoms with Crippen LogP contribution in [0.1, 0.15) is 0 Å². The van der Waals surface area contributed by atoms with Crippen LogP contribution >= 0.6 is 11.6 Å². The molecule has 0 atom stereocenters. The summed E-state index contributed by atoms with van der Waals surface area (Å²) in [5, 5.41) is 13.1. The van der Waals surface area contributed by atoms with Crippen molar-refractivity contribution in [3.8, 4) is 11.1 Å². The van der Waals surface area contributed by atoms with E-state index in [4.69, 9.17) is 11.6 Å². The zero-order valence-electron chi connectivity index (χ0n) is 11.9. The summed E-state index contributed by atoms with van der Waals surface area (Å²) in [6.45, 7) is 0. The number of benzene rings is 2. The Hall–Kier alpha value is -2.60. The van der Waals surface area contributed by atoms with Gasteiger partial charge in [0.05, 0.1) is 17.1 Å². The van der Waals surface area contributed by atoms with Crippen LogP contribution in [0.4, 0.5) is 8.78 Å². The highest BCUT2D eigenvalue weighted by molar-refractivity contribution is 6.33. The third kappa shape index (κ3) is 1.98. The molecule has 4 aromatic rings. The predicted molar refractivity (Wildman–Crippen MR) is 84.2 cm³/mol. The highest BCUT2D eigenvalue weighted by atomic mass is 35.5. The minimum atomic E-state index is -0.786. The van der Waals surface area contributed by atoms with Crippen LogP contribution in [0.2, 0.25) is 5.02 Å². The Morgan fingerprint density at radius 2 is 1.87 bits per heavy atom. The molecule has 2 aromatic heterocycles. The van der Waals surface area contributed by atoms with Gasteiger partial charge in [-0.3, -0.25) is 0 Å². The molecule has 0 amide bonds. The van der Waals surface area contributed by atoms with Crippen molar-refractivity contribution in [1.29, 1.82) is 0 Å². The van der Waals surface area contributed by atoms with Gasteiger partial charge < -0.3 is 0 Å². The fourth-order valence-corrected chi connectivity index (χ4v) is 2.89. The summed E-state index contributed by atoms with van der Waals surface area (Å²) in [6, 6.07) is 7.75. The van der Waals surface area contributed by atoms with Crippen molar-refractivity contribution < 1.29 is 8.78 Å². The van der Waals surface area contributed by atoms with E-state index >= 15 is 0 Å². The van der Waals surface area contributed by atoms with E-state index < -0.39 is 11.6 Å². The Bertz CT molecular complexity index is 1070. The second kappa shape index (κ2) is 4.96. The van der Waals surface area contributed by atoms with E-state index in [1.165, 1.54) is 16.9 Å². The highest BCUT2D eigenvalue weighted by Gasteiger charge is 2.20. The predicted octanol–water partition coefficient (Wildman–Crippen LogP) is 4.12. The number of fused-ring (bicyclic) bond motifs is 3. The first-order chi connectivity index (χ1) is 11.1. The fraction of sp³-hybridized carbons (Fsp3) is 0.0625. The summed E-state index contributed by atoms with van der Waals surface area (Å²) in [5.41, 5.74) is 0.517. The van der Waals surface area contributed by atoms with Crippen LogP contribution in [-0.2, 0) is 7.05 Å². The maximum absolute atomic E-state index is 14.9. The standard InChI is InChI=1S/C16H9ClF2N4/c1-23-16-10(7-20-23)9-6-12(18)13(14(19)15(9)21-22-16)8-4-2-3-5-11(8)17/h2-7H,1H3. The molecule has 0 aliphatic carbocycles. The van der Waals surface area contributed by atoms with Crippen LogP contribution in [0.5, 0.6) is 0 Å². The number of halogens is 3. The molecule has 0 radical (unpaired) electrons. The van der Waals surface area contributed by atoms with Crippen molar-refractivity contribution in [2.45, 2.75) is 0 Å². The van der Waals surface area contributed by atoms with Crippen molar-refractivity contribution >= 4 is 33.5 Å². The first-order valence-electron chi connectivity index (χ1n) is 6.79. The van der Waals surface area contributed by atoms with Gasteiger partial charge in [0.2, 0.25) is 0 Å². The van der Waals surface area contributed by atoms with Crippen LogP contribution in [0.3, 0.4) is 0 Å². The molecule has 0 aliphatic heterocycles. The lowest BCUT2D eigenvalue weighted by Gasteiger charge is -2.09. The van der Waals surface area contributed by atoms with Crippen molar-refractivity contribution in [3.63, 3.8) is 0 Å². The van der Waals surface area contributed by atoms with E-state index in [2.05, 4.69) is 15.3 Å². The van der Waals surface area contributed by atoms with E-state index in [-0.39, 0.29) is 21.7 Å². The Morgan fingerprint density at radius 1 is 1.09 bits per heavy atom. The molecule has 4 nitrogen and oxygen atoms in total. The normalized spacial score (nSPS) is 11.5. The second-order valence-electron chi connectivity index (χ2n) is 5.13. The SMILES string of the molecule is Cn1ncc2c3cc(F)c(-c4ccccc4Cl)c(F)c3nnc21. The molecule has 2 aromatic carbocycles. The number of aryl methyl sites for hydroxylation is 1. The Kier molecular flexibility index (Phi) is 3.02. The number of hydrogen-bond acceptors (Lipinski definition) is 3. The van der Waals surface area contributed by atoms with Gasteiger partial charge in [0.15, 0.2) is 11.5 Å². The average molecular weight is 331 g/mol. The zero-order chi connectivity index (χ0) is 16.1. The maximum atomic E-state index is 14.9. The van der Waals surface area contributed by atoms with Gasteiger partial charge in [0.25, 0.3) is 0 Å². The molecule has 2 heterocycles. The molecule has 0 saturated heterocycles. The summed E-state index contributed by atoms with van der Waals surface area (Å²) in [4.78, 5) is 0. The largest absolute Gasteiger partial charge is 0.249 e. The summed E-state index contributed by atoms with van der Waals surface area (Å²) in [7, 11) is 1.69. The molecule has 0 spiro atoms. The number of rotatable bonds is 1. The monoisotopic (exact) mass is 330 g/mol. The summed E-state index contributed by atoms with van der Waals surface area (Å²) in [5.74, 6) is -1.49. The molecule has 0 unspecified atom stereocenters. The Labute approximate surface area is 134 Å². The van der Waals surface area contributed by atoms with Crippen LogP contribution < -0.4 is 0 Å². The summed E-state index contributed by atoms with van der Waals surface area (Å²) < 4.78 is 31.0. The summed E-state index contributed by atoms with van der Waals surface area (Å²) >= 11 is 6.07. The molecular weight excluding hydrogens is 322 g/mol. The topological polar surface area (TPSA) is 43.6 Å². The van der Waals surface area contributed by atoms with Gasteiger partial charge in [-0.05, 0) is 12.1 Å². The van der Waals surface area contributed by atoms with Gasteiger partial charge in [-0.15, -0.1) is 10.2 Å². The molecule has 114 valence electrons. The van der Waals surface area contributed by atoms with Crippen LogP contribution in [-0.4, -0.2) is 20.0 Å². The van der Waals surface area contributed by atoms with E-state index in [1.807, 2.05) is 0 Å². The number of aromatic nitrogens is 4. The lowest BCUT2D eigenvalue weighted by Crippen LogP contribution is -1.98. The third-order valence-electron chi connectivity index (χ3n) is 3.78. The molecular formula is C16H9ClF2N4. The lowest BCUT2D eigenvalue weighted by molar-refractivity contribution is 0.596. The quantitative estimate of drug-likeness (QED) is 0.527. The van der Waals surface area contributed by atoms with Crippen molar-refractivity contribution in [3.05, 3.63) is 53.2 Å². The van der Waals surface area contributed by atoms with Gasteiger partial charge in [0, 0.05) is 23.0 Å². The molecule has 0 aliphatic rings. The van der Waals surface area contributed by atoms with Gasteiger partial charge in [-0.1, -0.05) is 29.8 Å². The minimum Gasteiger partial charge on any atom is -0.249 e. The van der Waals surface area contributed by atoms with Gasteiger partial charge in [-0.2, -0.15) is 5.10 Å². The Balaban J connectivity index is 2.13.